The zero-order valence-electron chi connectivity index (χ0n) is 9.50. The Morgan fingerprint density at radius 1 is 1.40 bits per heavy atom. The van der Waals surface area contributed by atoms with Gasteiger partial charge in [0.2, 0.25) is 0 Å². The fraction of sp³-hybridized carbons (Fsp3) is 1.00. The van der Waals surface area contributed by atoms with Crippen LogP contribution in [0.2, 0.25) is 0 Å². The van der Waals surface area contributed by atoms with E-state index in [-0.39, 0.29) is 0 Å². The second kappa shape index (κ2) is 4.04. The number of likely N-dealkylation sites (tertiary alicyclic amines) is 1. The van der Waals surface area contributed by atoms with Gasteiger partial charge in [-0.05, 0) is 44.2 Å². The highest BCUT2D eigenvalue weighted by molar-refractivity contribution is 4.96. The van der Waals surface area contributed by atoms with Gasteiger partial charge in [0.25, 0.3) is 0 Å². The van der Waals surface area contributed by atoms with Crippen molar-refractivity contribution in [3.8, 4) is 0 Å². The number of hydrogen-bond donors (Lipinski definition) is 1. The van der Waals surface area contributed by atoms with Gasteiger partial charge in [-0.15, -0.1) is 0 Å². The first-order chi connectivity index (χ1) is 7.36. The lowest BCUT2D eigenvalue weighted by Gasteiger charge is -2.24. The van der Waals surface area contributed by atoms with Crippen LogP contribution in [0.25, 0.3) is 0 Å². The van der Waals surface area contributed by atoms with E-state index in [9.17, 15) is 0 Å². The summed E-state index contributed by atoms with van der Waals surface area (Å²) in [7, 11) is 0. The maximum atomic E-state index is 5.71. The molecule has 0 amide bonds. The Hall–Kier alpha value is -0.120. The maximum Gasteiger partial charge on any atom is 0.0702 e. The minimum atomic E-state index is 0.537. The molecular formula is C12H22N2O. The van der Waals surface area contributed by atoms with Crippen molar-refractivity contribution < 1.29 is 4.74 Å². The molecule has 0 aromatic carbocycles. The van der Waals surface area contributed by atoms with Crippen molar-refractivity contribution in [2.75, 3.05) is 39.3 Å². The molecule has 3 aliphatic rings. The van der Waals surface area contributed by atoms with Crippen LogP contribution in [0.1, 0.15) is 25.7 Å². The molecule has 0 aromatic rings. The Labute approximate surface area is 92.2 Å². The van der Waals surface area contributed by atoms with Crippen LogP contribution in [0, 0.1) is 5.41 Å². The molecule has 0 bridgehead atoms. The van der Waals surface area contributed by atoms with Crippen molar-refractivity contribution in [2.24, 2.45) is 5.41 Å². The normalized spacial score (nSPS) is 42.0. The molecule has 2 atom stereocenters. The molecule has 3 rings (SSSR count). The molecule has 0 aromatic heterocycles. The molecular weight excluding hydrogens is 188 g/mol. The van der Waals surface area contributed by atoms with Gasteiger partial charge in [-0.1, -0.05) is 0 Å². The molecule has 3 saturated heterocycles. The van der Waals surface area contributed by atoms with Crippen LogP contribution in [0.5, 0.6) is 0 Å². The van der Waals surface area contributed by atoms with Crippen LogP contribution in [0.4, 0.5) is 0 Å². The summed E-state index contributed by atoms with van der Waals surface area (Å²) >= 11 is 0. The number of nitrogens with one attached hydrogen (secondary N) is 1. The van der Waals surface area contributed by atoms with Crippen LogP contribution in [-0.4, -0.2) is 50.3 Å². The lowest BCUT2D eigenvalue weighted by Crippen LogP contribution is -2.33. The van der Waals surface area contributed by atoms with E-state index in [1.165, 1.54) is 58.4 Å². The SMILES string of the molecule is C1COC(CN2CCC3(CCNC3)C2)C1. The van der Waals surface area contributed by atoms with E-state index in [2.05, 4.69) is 10.2 Å². The van der Waals surface area contributed by atoms with Crippen molar-refractivity contribution in [3.63, 3.8) is 0 Å². The summed E-state index contributed by atoms with van der Waals surface area (Å²) in [5.74, 6) is 0. The Balaban J connectivity index is 1.52. The first kappa shape index (κ1) is 10.1. The molecule has 0 aliphatic carbocycles. The Bertz CT molecular complexity index is 220. The molecule has 0 saturated carbocycles. The van der Waals surface area contributed by atoms with Gasteiger partial charge in [-0.25, -0.2) is 0 Å². The zero-order chi connectivity index (χ0) is 10.1. The molecule has 3 heterocycles. The second-order valence-electron chi connectivity index (χ2n) is 5.55. The summed E-state index contributed by atoms with van der Waals surface area (Å²) in [4.78, 5) is 2.63. The van der Waals surface area contributed by atoms with E-state index < -0.39 is 0 Å². The van der Waals surface area contributed by atoms with E-state index in [1.807, 2.05) is 0 Å². The van der Waals surface area contributed by atoms with Crippen LogP contribution in [0.15, 0.2) is 0 Å². The van der Waals surface area contributed by atoms with Gasteiger partial charge in [0, 0.05) is 26.2 Å². The summed E-state index contributed by atoms with van der Waals surface area (Å²) < 4.78 is 5.71. The van der Waals surface area contributed by atoms with E-state index in [0.29, 0.717) is 11.5 Å². The van der Waals surface area contributed by atoms with Crippen LogP contribution >= 0.6 is 0 Å². The predicted octanol–water partition coefficient (Wildman–Crippen LogP) is 0.851. The summed E-state index contributed by atoms with van der Waals surface area (Å²) in [5.41, 5.74) is 0.624. The van der Waals surface area contributed by atoms with Crippen molar-refractivity contribution in [1.82, 2.24) is 10.2 Å². The topological polar surface area (TPSA) is 24.5 Å². The van der Waals surface area contributed by atoms with Gasteiger partial charge in [-0.2, -0.15) is 0 Å². The van der Waals surface area contributed by atoms with Crippen LogP contribution < -0.4 is 5.32 Å². The first-order valence-corrected chi connectivity index (χ1v) is 6.41. The van der Waals surface area contributed by atoms with Crippen molar-refractivity contribution in [1.29, 1.82) is 0 Å². The average Bonchev–Trinajstić information content (AvgIpc) is 2.92. The van der Waals surface area contributed by atoms with E-state index in [0.717, 1.165) is 6.61 Å². The lowest BCUT2D eigenvalue weighted by molar-refractivity contribution is 0.0774. The highest BCUT2D eigenvalue weighted by atomic mass is 16.5. The van der Waals surface area contributed by atoms with Gasteiger partial charge in [0.1, 0.15) is 0 Å². The standard InChI is InChI=1S/C12H22N2O/c1-2-11(15-7-1)8-14-6-4-12(10-14)3-5-13-9-12/h11,13H,1-10H2. The largest absolute Gasteiger partial charge is 0.377 e. The quantitative estimate of drug-likeness (QED) is 0.731. The number of rotatable bonds is 2. The Kier molecular flexibility index (Phi) is 2.71. The predicted molar refractivity (Wildman–Crippen MR) is 60.0 cm³/mol. The van der Waals surface area contributed by atoms with Crippen LogP contribution in [0.3, 0.4) is 0 Å². The second-order valence-corrected chi connectivity index (χ2v) is 5.55. The summed E-state index contributed by atoms with van der Waals surface area (Å²) in [5, 5.41) is 3.51. The molecule has 3 aliphatic heterocycles. The minimum absolute atomic E-state index is 0.537. The zero-order valence-corrected chi connectivity index (χ0v) is 9.50. The molecule has 3 nitrogen and oxygen atoms in total. The monoisotopic (exact) mass is 210 g/mol. The molecule has 1 spiro atoms. The first-order valence-electron chi connectivity index (χ1n) is 6.41. The highest BCUT2D eigenvalue weighted by Crippen LogP contribution is 2.36. The average molecular weight is 210 g/mol. The number of nitrogens with zero attached hydrogens (tertiary/aromatic N) is 1. The fourth-order valence-corrected chi connectivity index (χ4v) is 3.40. The van der Waals surface area contributed by atoms with Gasteiger partial charge < -0.3 is 15.0 Å². The molecule has 15 heavy (non-hydrogen) atoms. The van der Waals surface area contributed by atoms with Crippen LogP contribution in [-0.2, 0) is 4.74 Å². The van der Waals surface area contributed by atoms with Crippen molar-refractivity contribution >= 4 is 0 Å². The highest BCUT2D eigenvalue weighted by Gasteiger charge is 2.40. The van der Waals surface area contributed by atoms with E-state index in [4.69, 9.17) is 4.74 Å². The lowest BCUT2D eigenvalue weighted by atomic mass is 9.87. The third-order valence-electron chi connectivity index (χ3n) is 4.34. The maximum absolute atomic E-state index is 5.71. The smallest absolute Gasteiger partial charge is 0.0702 e. The molecule has 3 heteroatoms. The molecule has 0 radical (unpaired) electrons. The van der Waals surface area contributed by atoms with E-state index >= 15 is 0 Å². The Morgan fingerprint density at radius 2 is 2.40 bits per heavy atom. The summed E-state index contributed by atoms with van der Waals surface area (Å²) in [6, 6.07) is 0. The van der Waals surface area contributed by atoms with E-state index in [1.54, 1.807) is 0 Å². The van der Waals surface area contributed by atoms with Crippen molar-refractivity contribution in [3.05, 3.63) is 0 Å². The number of hydrogen-bond acceptors (Lipinski definition) is 3. The number of ether oxygens (including phenoxy) is 1. The Morgan fingerprint density at radius 3 is 3.13 bits per heavy atom. The van der Waals surface area contributed by atoms with Crippen molar-refractivity contribution in [2.45, 2.75) is 31.8 Å². The summed E-state index contributed by atoms with van der Waals surface area (Å²) in [6.45, 7) is 7.25. The van der Waals surface area contributed by atoms with Gasteiger partial charge >= 0.3 is 0 Å². The molecule has 1 N–H and O–H groups in total. The molecule has 86 valence electrons. The third kappa shape index (κ3) is 2.05. The van der Waals surface area contributed by atoms with Gasteiger partial charge in [-0.3, -0.25) is 0 Å². The van der Waals surface area contributed by atoms with Gasteiger partial charge in [0.05, 0.1) is 6.10 Å². The fourth-order valence-electron chi connectivity index (χ4n) is 3.40. The van der Waals surface area contributed by atoms with Gasteiger partial charge in [0.15, 0.2) is 0 Å². The summed E-state index contributed by atoms with van der Waals surface area (Å²) in [6.07, 6.45) is 5.86. The molecule has 3 fully saturated rings. The minimum Gasteiger partial charge on any atom is -0.377 e. The third-order valence-corrected chi connectivity index (χ3v) is 4.34. The molecule has 2 unspecified atom stereocenters.